The summed E-state index contributed by atoms with van der Waals surface area (Å²) in [6.07, 6.45) is 3.36. The summed E-state index contributed by atoms with van der Waals surface area (Å²) in [5, 5.41) is 49.3. The molecular weight excluding hydrogens is 608 g/mol. The van der Waals surface area contributed by atoms with E-state index in [0.717, 1.165) is 37.7 Å². The molecule has 0 radical (unpaired) electrons. The smallest absolute Gasteiger partial charge is 0.243 e. The molecule has 262 valence electrons. The molecule has 1 aliphatic rings. The van der Waals surface area contributed by atoms with E-state index in [9.17, 15) is 34.8 Å². The summed E-state index contributed by atoms with van der Waals surface area (Å²) in [7, 11) is 1.54. The highest BCUT2D eigenvalue weighted by atomic mass is 16.5. The molecule has 10 N–H and O–H groups in total. The zero-order chi connectivity index (χ0) is 34.5. The lowest BCUT2D eigenvalue weighted by Crippen LogP contribution is -2.60. The molecule has 1 aliphatic carbocycles. The highest BCUT2D eigenvalue weighted by molar-refractivity contribution is 5.93. The summed E-state index contributed by atoms with van der Waals surface area (Å²) in [5.41, 5.74) is 7.28. The number of nitrogens with zero attached hydrogens (tertiary/aromatic N) is 1. The lowest BCUT2D eigenvalue weighted by Gasteiger charge is -2.34. The number of amides is 3. The Hall–Kier alpha value is -3.56. The van der Waals surface area contributed by atoms with E-state index in [4.69, 9.17) is 10.5 Å². The highest BCUT2D eigenvalue weighted by Crippen LogP contribution is 2.29. The van der Waals surface area contributed by atoms with E-state index < -0.39 is 66.8 Å². The summed E-state index contributed by atoms with van der Waals surface area (Å²) in [6.45, 7) is 2.81. The van der Waals surface area contributed by atoms with Gasteiger partial charge in [-0.05, 0) is 36.0 Å². The van der Waals surface area contributed by atoms with Gasteiger partial charge in [0, 0.05) is 19.0 Å². The topological polar surface area (TPSA) is 232 Å². The maximum Gasteiger partial charge on any atom is 0.243 e. The number of imidazole rings is 1. The van der Waals surface area contributed by atoms with E-state index in [1.165, 1.54) is 13.4 Å². The number of aromatic nitrogens is 2. The molecule has 7 atom stereocenters. The van der Waals surface area contributed by atoms with Gasteiger partial charge in [-0.15, -0.1) is 0 Å². The predicted octanol–water partition coefficient (Wildman–Crippen LogP) is -0.313. The van der Waals surface area contributed by atoms with Crippen molar-refractivity contribution in [1.29, 1.82) is 0 Å². The third-order valence-electron chi connectivity index (χ3n) is 8.84. The van der Waals surface area contributed by atoms with Crippen LogP contribution in [-0.2, 0) is 27.2 Å². The standard InChI is InChI=1S/C33H52N6O8/c1-19(2)28(34)33(46)39-25(14-21-9-11-23(47-3)12-10-21)31(44)38-26(15-22-16-35-18-36-22)32(45)37-24(13-20-7-5-4-6-8-20)29(42)30(43)27(41)17-40/h9-12,16,18-20,24-30,40-43H,4-8,13-15,17,34H2,1-3H3,(H,35,36)(H,37,45)(H,38,44)(H,39,46)/t24-,25-,26-,27+,28?,29+,30-/m0/s1. The van der Waals surface area contributed by atoms with Crippen LogP contribution in [0.15, 0.2) is 36.8 Å². The third kappa shape index (κ3) is 11.6. The Balaban J connectivity index is 1.87. The van der Waals surface area contributed by atoms with E-state index >= 15 is 0 Å². The summed E-state index contributed by atoms with van der Waals surface area (Å²) in [5.74, 6) is -1.21. The second kappa shape index (κ2) is 18.7. The summed E-state index contributed by atoms with van der Waals surface area (Å²) < 4.78 is 5.23. The number of aliphatic hydroxyl groups excluding tert-OH is 4. The largest absolute Gasteiger partial charge is 0.497 e. The van der Waals surface area contributed by atoms with Crippen LogP contribution in [0, 0.1) is 11.8 Å². The number of nitrogens with one attached hydrogen (secondary N) is 4. The average Bonchev–Trinajstić information content (AvgIpc) is 3.59. The second-order valence-corrected chi connectivity index (χ2v) is 12.8. The molecule has 0 spiro atoms. The molecule has 14 heteroatoms. The van der Waals surface area contributed by atoms with Gasteiger partial charge in [0.05, 0.1) is 37.8 Å². The first-order valence-corrected chi connectivity index (χ1v) is 16.4. The Morgan fingerprint density at radius 2 is 1.55 bits per heavy atom. The van der Waals surface area contributed by atoms with E-state index in [-0.39, 0.29) is 24.7 Å². The number of methoxy groups -OCH3 is 1. The number of benzene rings is 1. The van der Waals surface area contributed by atoms with Crippen LogP contribution in [0.2, 0.25) is 0 Å². The first-order valence-electron chi connectivity index (χ1n) is 16.4. The first kappa shape index (κ1) is 37.9. The van der Waals surface area contributed by atoms with Crippen LogP contribution in [0.25, 0.3) is 0 Å². The van der Waals surface area contributed by atoms with Crippen molar-refractivity contribution >= 4 is 17.7 Å². The van der Waals surface area contributed by atoms with Crippen molar-refractivity contribution in [3.63, 3.8) is 0 Å². The van der Waals surface area contributed by atoms with E-state index in [0.29, 0.717) is 17.9 Å². The lowest BCUT2D eigenvalue weighted by atomic mass is 9.82. The first-order chi connectivity index (χ1) is 22.4. The quantitative estimate of drug-likeness (QED) is 0.101. The molecule has 47 heavy (non-hydrogen) atoms. The summed E-state index contributed by atoms with van der Waals surface area (Å²) in [4.78, 5) is 47.8. The van der Waals surface area contributed by atoms with Gasteiger partial charge in [0.15, 0.2) is 0 Å². The Morgan fingerprint density at radius 3 is 2.13 bits per heavy atom. The van der Waals surface area contributed by atoms with Gasteiger partial charge in [0.1, 0.15) is 36.1 Å². The van der Waals surface area contributed by atoms with Crippen LogP contribution in [-0.4, -0.2) is 104 Å². The van der Waals surface area contributed by atoms with Crippen molar-refractivity contribution < 1.29 is 39.5 Å². The lowest BCUT2D eigenvalue weighted by molar-refractivity contribution is -0.134. The number of hydrogen-bond donors (Lipinski definition) is 9. The van der Waals surface area contributed by atoms with Gasteiger partial charge >= 0.3 is 0 Å². The van der Waals surface area contributed by atoms with Gasteiger partial charge < -0.3 is 51.8 Å². The monoisotopic (exact) mass is 660 g/mol. The molecule has 1 fully saturated rings. The minimum Gasteiger partial charge on any atom is -0.497 e. The molecule has 3 rings (SSSR count). The number of aliphatic hydroxyl groups is 4. The highest BCUT2D eigenvalue weighted by Gasteiger charge is 2.36. The Labute approximate surface area is 275 Å². The number of carbonyl (C=O) groups is 3. The van der Waals surface area contributed by atoms with Crippen LogP contribution in [0.1, 0.15) is 63.6 Å². The van der Waals surface area contributed by atoms with Gasteiger partial charge in [-0.2, -0.15) is 0 Å². The number of carbonyl (C=O) groups excluding carboxylic acids is 3. The molecule has 0 bridgehead atoms. The number of ether oxygens (including phenoxy) is 1. The van der Waals surface area contributed by atoms with Crippen molar-refractivity contribution in [2.24, 2.45) is 17.6 Å². The third-order valence-corrected chi connectivity index (χ3v) is 8.84. The van der Waals surface area contributed by atoms with Crippen LogP contribution < -0.4 is 26.4 Å². The van der Waals surface area contributed by atoms with Crippen LogP contribution in [0.5, 0.6) is 5.75 Å². The zero-order valence-electron chi connectivity index (χ0n) is 27.5. The number of nitrogens with two attached hydrogens (primary N) is 1. The Morgan fingerprint density at radius 1 is 0.936 bits per heavy atom. The van der Waals surface area contributed by atoms with E-state index in [1.807, 2.05) is 0 Å². The molecule has 1 unspecified atom stereocenters. The molecule has 1 heterocycles. The minimum absolute atomic E-state index is 0.0240. The zero-order valence-corrected chi connectivity index (χ0v) is 27.5. The number of hydrogen-bond acceptors (Lipinski definition) is 10. The molecule has 1 saturated carbocycles. The summed E-state index contributed by atoms with van der Waals surface area (Å²) >= 11 is 0. The maximum atomic E-state index is 13.9. The number of H-pyrrole nitrogens is 1. The molecule has 1 aromatic carbocycles. The fraction of sp³-hybridized carbons (Fsp3) is 0.636. The van der Waals surface area contributed by atoms with Crippen LogP contribution >= 0.6 is 0 Å². The second-order valence-electron chi connectivity index (χ2n) is 12.8. The molecule has 0 saturated heterocycles. The van der Waals surface area contributed by atoms with Crippen LogP contribution in [0.4, 0.5) is 0 Å². The molecule has 1 aromatic heterocycles. The molecule has 3 amide bonds. The SMILES string of the molecule is COc1ccc(C[C@H](NC(=O)C(N)C(C)C)C(=O)N[C@@H](Cc2c[nH]cn2)C(=O)N[C@@H](CC2CCCCC2)[C@@H](O)[C@@H](O)[C@H](O)CO)cc1. The fourth-order valence-electron chi connectivity index (χ4n) is 5.79. The Bertz CT molecular complexity index is 1240. The van der Waals surface area contributed by atoms with Crippen molar-refractivity contribution in [1.82, 2.24) is 25.9 Å². The molecule has 0 aliphatic heterocycles. The fourth-order valence-corrected chi connectivity index (χ4v) is 5.79. The van der Waals surface area contributed by atoms with Crippen LogP contribution in [0.3, 0.4) is 0 Å². The number of aromatic amines is 1. The summed E-state index contributed by atoms with van der Waals surface area (Å²) in [6, 6.07) is 2.86. The van der Waals surface area contributed by atoms with Crippen molar-refractivity contribution in [2.75, 3.05) is 13.7 Å². The molecule has 2 aromatic rings. The van der Waals surface area contributed by atoms with Gasteiger partial charge in [0.2, 0.25) is 17.7 Å². The predicted molar refractivity (Wildman–Crippen MR) is 174 cm³/mol. The van der Waals surface area contributed by atoms with Gasteiger partial charge in [-0.1, -0.05) is 58.1 Å². The number of rotatable bonds is 18. The molecule has 14 nitrogen and oxygen atoms in total. The van der Waals surface area contributed by atoms with Gasteiger partial charge in [-0.25, -0.2) is 4.98 Å². The van der Waals surface area contributed by atoms with E-state index in [2.05, 4.69) is 25.9 Å². The minimum atomic E-state index is -1.72. The van der Waals surface area contributed by atoms with Gasteiger partial charge in [-0.3, -0.25) is 14.4 Å². The maximum absolute atomic E-state index is 13.9. The molecular formula is C33H52N6O8. The Kier molecular flexibility index (Phi) is 15.1. The van der Waals surface area contributed by atoms with Gasteiger partial charge in [0.25, 0.3) is 0 Å². The average molecular weight is 661 g/mol. The van der Waals surface area contributed by atoms with Crippen molar-refractivity contribution in [3.8, 4) is 5.75 Å². The normalized spacial score (nSPS) is 18.3. The van der Waals surface area contributed by atoms with Crippen molar-refractivity contribution in [2.45, 2.75) is 108 Å². The van der Waals surface area contributed by atoms with E-state index in [1.54, 1.807) is 44.3 Å². The van der Waals surface area contributed by atoms with Crippen molar-refractivity contribution in [3.05, 3.63) is 48.0 Å².